The fourth-order valence-electron chi connectivity index (χ4n) is 3.73. The summed E-state index contributed by atoms with van der Waals surface area (Å²) in [6.07, 6.45) is 0.135. The van der Waals surface area contributed by atoms with Gasteiger partial charge in [-0.2, -0.15) is 5.26 Å². The van der Waals surface area contributed by atoms with Crippen molar-refractivity contribution in [3.63, 3.8) is 0 Å². The highest BCUT2D eigenvalue weighted by Gasteiger charge is 2.31. The van der Waals surface area contributed by atoms with Crippen LogP contribution >= 0.6 is 27.5 Å². The number of aromatic nitrogens is 2. The second-order valence-electron chi connectivity index (χ2n) is 7.30. The van der Waals surface area contributed by atoms with Crippen LogP contribution in [0.2, 0.25) is 5.02 Å². The van der Waals surface area contributed by atoms with Gasteiger partial charge in [-0.15, -0.1) is 0 Å². The number of carboxylic acid groups (broad SMARTS) is 1. The Kier molecular flexibility index (Phi) is 7.67. The molecular formula is C23H20BrClFN3O3. The first kappa shape index (κ1) is 23.9. The smallest absolute Gasteiger partial charge is 0.356 e. The van der Waals surface area contributed by atoms with Crippen LogP contribution in [0.25, 0.3) is 0 Å². The van der Waals surface area contributed by atoms with E-state index in [0.29, 0.717) is 33.7 Å². The molecule has 1 heterocycles. The summed E-state index contributed by atoms with van der Waals surface area (Å²) in [5.41, 5.74) is 1.77. The largest absolute Gasteiger partial charge is 0.476 e. The molecule has 3 rings (SSSR count). The minimum absolute atomic E-state index is 0.0121. The molecule has 2 aromatic carbocycles. The number of hydrogen-bond donors (Lipinski definition) is 1. The number of imidazole rings is 1. The van der Waals surface area contributed by atoms with E-state index in [9.17, 15) is 14.3 Å². The van der Waals surface area contributed by atoms with Gasteiger partial charge in [-0.1, -0.05) is 35.9 Å². The predicted octanol–water partition coefficient (Wildman–Crippen LogP) is 5.59. The van der Waals surface area contributed by atoms with Gasteiger partial charge in [0.05, 0.1) is 35.0 Å². The maximum absolute atomic E-state index is 14.8. The number of halogens is 3. The molecule has 0 aliphatic rings. The molecule has 2 atom stereocenters. The van der Waals surface area contributed by atoms with E-state index in [0.717, 1.165) is 0 Å². The fourth-order valence-corrected chi connectivity index (χ4v) is 4.64. The molecule has 1 unspecified atom stereocenters. The monoisotopic (exact) mass is 519 g/mol. The fraction of sp³-hybridized carbons (Fsp3) is 0.261. The third-order valence-corrected chi connectivity index (χ3v) is 6.04. The Labute approximate surface area is 198 Å². The van der Waals surface area contributed by atoms with Gasteiger partial charge in [0.15, 0.2) is 10.4 Å². The van der Waals surface area contributed by atoms with Crippen LogP contribution in [0, 0.1) is 17.1 Å². The number of rotatable bonds is 8. The molecule has 9 heteroatoms. The SMILES string of the molecule is COC[C@@H](C)n1c(Br)nc(C(=O)O)c1C(Cc1cccc(Cl)c1F)c1ccc(C#N)cc1. The van der Waals surface area contributed by atoms with Gasteiger partial charge in [0, 0.05) is 13.0 Å². The van der Waals surface area contributed by atoms with Crippen molar-refractivity contribution in [2.45, 2.75) is 25.3 Å². The Morgan fingerprint density at radius 1 is 1.34 bits per heavy atom. The molecule has 0 amide bonds. The molecule has 0 aliphatic heterocycles. The molecule has 0 fully saturated rings. The molecule has 166 valence electrons. The molecule has 0 spiro atoms. The van der Waals surface area contributed by atoms with Crippen molar-refractivity contribution in [3.8, 4) is 6.07 Å². The van der Waals surface area contributed by atoms with Crippen LogP contribution in [-0.4, -0.2) is 34.3 Å². The van der Waals surface area contributed by atoms with Gasteiger partial charge in [-0.3, -0.25) is 0 Å². The van der Waals surface area contributed by atoms with Crippen molar-refractivity contribution in [3.05, 3.63) is 86.1 Å². The Balaban J connectivity index is 2.26. The third-order valence-electron chi connectivity index (χ3n) is 5.18. The number of carbonyl (C=O) groups is 1. The Morgan fingerprint density at radius 3 is 2.62 bits per heavy atom. The van der Waals surface area contributed by atoms with E-state index >= 15 is 0 Å². The minimum Gasteiger partial charge on any atom is -0.476 e. The first-order valence-corrected chi connectivity index (χ1v) is 10.9. The topological polar surface area (TPSA) is 88.1 Å². The number of methoxy groups -OCH3 is 1. The maximum atomic E-state index is 14.8. The lowest BCUT2D eigenvalue weighted by molar-refractivity contribution is 0.0688. The van der Waals surface area contributed by atoms with E-state index in [1.165, 1.54) is 6.07 Å². The zero-order valence-electron chi connectivity index (χ0n) is 17.3. The Morgan fingerprint density at radius 2 is 2.03 bits per heavy atom. The zero-order chi connectivity index (χ0) is 23.4. The van der Waals surface area contributed by atoms with Gasteiger partial charge in [-0.25, -0.2) is 14.2 Å². The number of aromatic carboxylic acids is 1. The molecule has 0 saturated carbocycles. The number of nitriles is 1. The second kappa shape index (κ2) is 10.3. The second-order valence-corrected chi connectivity index (χ2v) is 8.41. The highest BCUT2D eigenvalue weighted by molar-refractivity contribution is 9.10. The normalized spacial score (nSPS) is 12.9. The summed E-state index contributed by atoms with van der Waals surface area (Å²) in [4.78, 5) is 16.3. The van der Waals surface area contributed by atoms with E-state index in [1.54, 1.807) is 48.1 Å². The lowest BCUT2D eigenvalue weighted by Gasteiger charge is -2.24. The number of hydrogen-bond acceptors (Lipinski definition) is 4. The molecule has 32 heavy (non-hydrogen) atoms. The van der Waals surface area contributed by atoms with E-state index in [2.05, 4.69) is 27.0 Å². The molecular weight excluding hydrogens is 501 g/mol. The molecule has 0 aliphatic carbocycles. The van der Waals surface area contributed by atoms with Gasteiger partial charge < -0.3 is 14.4 Å². The highest BCUT2D eigenvalue weighted by atomic mass is 79.9. The number of nitrogens with zero attached hydrogens (tertiary/aromatic N) is 3. The standard InChI is InChI=1S/C23H20BrClFN3O3/c1-13(12-32-2)29-21(20(22(30)31)28-23(29)24)17(15-8-6-14(11-27)7-9-15)10-16-4-3-5-18(25)19(16)26/h3-9,13,17H,10,12H2,1-2H3,(H,30,31)/t13-,17?/m1/s1. The van der Waals surface area contributed by atoms with Crippen LogP contribution < -0.4 is 0 Å². The van der Waals surface area contributed by atoms with Crippen molar-refractivity contribution in [2.24, 2.45) is 0 Å². The van der Waals surface area contributed by atoms with Gasteiger partial charge >= 0.3 is 5.97 Å². The summed E-state index contributed by atoms with van der Waals surface area (Å²) in [5, 5.41) is 19.0. The van der Waals surface area contributed by atoms with Crippen LogP contribution in [0.1, 0.15) is 51.8 Å². The van der Waals surface area contributed by atoms with Crippen LogP contribution in [0.3, 0.4) is 0 Å². The van der Waals surface area contributed by atoms with Crippen LogP contribution in [-0.2, 0) is 11.2 Å². The summed E-state index contributed by atoms with van der Waals surface area (Å²) in [7, 11) is 1.55. The highest BCUT2D eigenvalue weighted by Crippen LogP contribution is 2.36. The van der Waals surface area contributed by atoms with Crippen molar-refractivity contribution < 1.29 is 19.0 Å². The van der Waals surface area contributed by atoms with E-state index < -0.39 is 17.7 Å². The van der Waals surface area contributed by atoms with E-state index in [4.69, 9.17) is 21.6 Å². The van der Waals surface area contributed by atoms with E-state index in [-0.39, 0.29) is 23.2 Å². The average Bonchev–Trinajstić information content (AvgIpc) is 3.12. The molecule has 0 radical (unpaired) electrons. The minimum atomic E-state index is -1.20. The molecule has 3 aromatic rings. The first-order chi connectivity index (χ1) is 15.3. The summed E-state index contributed by atoms with van der Waals surface area (Å²) < 4.78 is 22.2. The maximum Gasteiger partial charge on any atom is 0.356 e. The third kappa shape index (κ3) is 4.85. The van der Waals surface area contributed by atoms with Gasteiger partial charge in [0.25, 0.3) is 0 Å². The predicted molar refractivity (Wildman–Crippen MR) is 122 cm³/mol. The summed E-state index contributed by atoms with van der Waals surface area (Å²) in [6.45, 7) is 2.19. The average molecular weight is 521 g/mol. The van der Waals surface area contributed by atoms with Gasteiger partial charge in [0.2, 0.25) is 0 Å². The lowest BCUT2D eigenvalue weighted by atomic mass is 9.87. The number of benzene rings is 2. The summed E-state index contributed by atoms with van der Waals surface area (Å²) in [5.74, 6) is -2.34. The quantitative estimate of drug-likeness (QED) is 0.418. The number of ether oxygens (including phenoxy) is 1. The van der Waals surface area contributed by atoms with Gasteiger partial charge in [0.1, 0.15) is 5.82 Å². The number of carboxylic acids is 1. The Bertz CT molecular complexity index is 1170. The summed E-state index contributed by atoms with van der Waals surface area (Å²) in [6, 6.07) is 13.3. The molecule has 0 bridgehead atoms. The Hall–Kier alpha value is -2.73. The molecule has 6 nitrogen and oxygen atoms in total. The summed E-state index contributed by atoms with van der Waals surface area (Å²) >= 11 is 9.37. The lowest BCUT2D eigenvalue weighted by Crippen LogP contribution is -2.20. The van der Waals surface area contributed by atoms with Crippen LogP contribution in [0.15, 0.2) is 47.2 Å². The van der Waals surface area contributed by atoms with Crippen LogP contribution in [0.5, 0.6) is 0 Å². The van der Waals surface area contributed by atoms with Crippen molar-refractivity contribution in [2.75, 3.05) is 13.7 Å². The molecule has 0 saturated heterocycles. The van der Waals surface area contributed by atoms with Crippen LogP contribution in [0.4, 0.5) is 4.39 Å². The molecule has 1 N–H and O–H groups in total. The first-order valence-electron chi connectivity index (χ1n) is 9.71. The van der Waals surface area contributed by atoms with Crippen molar-refractivity contribution in [1.29, 1.82) is 5.26 Å². The van der Waals surface area contributed by atoms with Crippen molar-refractivity contribution >= 4 is 33.5 Å². The van der Waals surface area contributed by atoms with Gasteiger partial charge in [-0.05, 0) is 58.6 Å². The van der Waals surface area contributed by atoms with Crippen molar-refractivity contribution in [1.82, 2.24) is 9.55 Å². The molecule has 1 aromatic heterocycles. The zero-order valence-corrected chi connectivity index (χ0v) is 19.7. The van der Waals surface area contributed by atoms with E-state index in [1.807, 2.05) is 6.92 Å².